The maximum Gasteiger partial charge on any atom is 0.136 e. The van der Waals surface area contributed by atoms with Crippen LogP contribution in [0.1, 0.15) is 16.4 Å². The van der Waals surface area contributed by atoms with Crippen molar-refractivity contribution < 1.29 is 20.9 Å². The highest BCUT2D eigenvalue weighted by Gasteiger charge is 2.22. The Hall–Kier alpha value is -5.66. The fourth-order valence-electron chi connectivity index (χ4n) is 6.28. The quantitative estimate of drug-likeness (QED) is 0.197. The van der Waals surface area contributed by atoms with Crippen LogP contribution in [0, 0.1) is 0 Å². The fraction of sp³-hybridized carbons (Fsp3) is 0. The summed E-state index contributed by atoms with van der Waals surface area (Å²) in [6, 6.07) is 20.5. The maximum atomic E-state index is 9.25. The third-order valence-corrected chi connectivity index (χ3v) is 8.03. The second-order valence-corrected chi connectivity index (χ2v) is 10.3. The molecule has 1 heterocycles. The second-order valence-electron chi connectivity index (χ2n) is 10.3. The van der Waals surface area contributed by atoms with E-state index in [0.717, 1.165) is 10.8 Å². The number of para-hydroxylation sites is 1. The predicted octanol–water partition coefficient (Wildman–Crippen LogP) is 12.0. The summed E-state index contributed by atoms with van der Waals surface area (Å²) in [5, 5.41) is 3.91. The van der Waals surface area contributed by atoms with Crippen LogP contribution in [0.25, 0.3) is 87.6 Å². The Bertz CT molecular complexity index is 3090. The zero-order chi connectivity index (χ0) is 38.8. The summed E-state index contributed by atoms with van der Waals surface area (Å²) < 4.78 is 111. The van der Waals surface area contributed by atoms with Crippen molar-refractivity contribution in [3.8, 4) is 33.4 Å². The van der Waals surface area contributed by atoms with E-state index in [1.165, 1.54) is 0 Å². The normalized spacial score (nSPS) is 15.6. The van der Waals surface area contributed by atoms with Crippen molar-refractivity contribution in [2.45, 2.75) is 0 Å². The topological polar surface area (TPSA) is 13.1 Å². The molecule has 9 aromatic rings. The molecule has 8 aromatic carbocycles. The monoisotopic (exact) mass is 558 g/mol. The number of hydrogen-bond acceptors (Lipinski definition) is 1. The van der Waals surface area contributed by atoms with Gasteiger partial charge in [0.25, 0.3) is 0 Å². The Kier molecular flexibility index (Phi) is 3.29. The minimum absolute atomic E-state index is 0.0118. The molecule has 0 radical (unpaired) electrons. The van der Waals surface area contributed by atoms with Gasteiger partial charge >= 0.3 is 0 Å². The molecule has 0 spiro atoms. The van der Waals surface area contributed by atoms with E-state index in [2.05, 4.69) is 0 Å². The molecule has 0 unspecified atom stereocenters. The van der Waals surface area contributed by atoms with E-state index in [9.17, 15) is 1.37 Å². The molecule has 0 fully saturated rings. The lowest BCUT2D eigenvalue weighted by molar-refractivity contribution is 0.669. The lowest BCUT2D eigenvalue weighted by Crippen LogP contribution is -1.92. The van der Waals surface area contributed by atoms with Gasteiger partial charge in [-0.3, -0.25) is 0 Å². The molecule has 0 saturated carbocycles. The van der Waals surface area contributed by atoms with Crippen molar-refractivity contribution >= 4 is 54.3 Å². The molecule has 0 amide bonds. The molecule has 0 aliphatic rings. The van der Waals surface area contributed by atoms with Crippen LogP contribution in [-0.4, -0.2) is 0 Å². The Morgan fingerprint density at radius 1 is 0.419 bits per heavy atom. The summed E-state index contributed by atoms with van der Waals surface area (Å²) in [4.78, 5) is 0. The van der Waals surface area contributed by atoms with Gasteiger partial charge in [-0.1, -0.05) is 139 Å². The third kappa shape index (κ3) is 3.65. The van der Waals surface area contributed by atoms with Crippen LogP contribution >= 0.6 is 0 Å². The highest BCUT2D eigenvalue weighted by molar-refractivity contribution is 6.27. The molecule has 0 saturated heterocycles. The summed E-state index contributed by atoms with van der Waals surface area (Å²) in [6.07, 6.45) is 0. The van der Waals surface area contributed by atoms with Gasteiger partial charge in [0, 0.05) is 10.8 Å². The molecular weight excluding hydrogens is 520 g/mol. The van der Waals surface area contributed by atoms with E-state index in [4.69, 9.17) is 19.5 Å². The molecule has 0 N–H and O–H groups in total. The molecule has 1 heteroatoms. The van der Waals surface area contributed by atoms with Crippen molar-refractivity contribution in [1.29, 1.82) is 0 Å². The summed E-state index contributed by atoms with van der Waals surface area (Å²) in [5.74, 6) is 0. The molecule has 200 valence electrons. The van der Waals surface area contributed by atoms with E-state index >= 15 is 0 Å². The first-order chi connectivity index (χ1) is 26.3. The third-order valence-electron chi connectivity index (χ3n) is 8.03. The van der Waals surface area contributed by atoms with Crippen molar-refractivity contribution in [3.05, 3.63) is 157 Å². The zero-order valence-electron chi connectivity index (χ0n) is 34.5. The molecule has 43 heavy (non-hydrogen) atoms. The van der Waals surface area contributed by atoms with E-state index in [1.807, 2.05) is 78.9 Å². The van der Waals surface area contributed by atoms with Crippen molar-refractivity contribution in [1.82, 2.24) is 0 Å². The molecule has 0 aliphatic carbocycles. The maximum absolute atomic E-state index is 9.25. The van der Waals surface area contributed by atoms with E-state index in [0.29, 0.717) is 55.0 Å². The lowest BCUT2D eigenvalue weighted by atomic mass is 9.83. The predicted molar refractivity (Wildman–Crippen MR) is 183 cm³/mol. The Balaban J connectivity index is 1.51. The second kappa shape index (κ2) is 9.44. The fourth-order valence-corrected chi connectivity index (χ4v) is 6.28. The van der Waals surface area contributed by atoms with Gasteiger partial charge < -0.3 is 4.42 Å². The number of rotatable bonds is 3. The number of hydrogen-bond donors (Lipinski definition) is 0. The van der Waals surface area contributed by atoms with Crippen molar-refractivity contribution in [3.63, 3.8) is 0 Å². The van der Waals surface area contributed by atoms with Crippen LogP contribution in [-0.2, 0) is 0 Å². The Morgan fingerprint density at radius 3 is 1.72 bits per heavy atom. The molecule has 0 atom stereocenters. The van der Waals surface area contributed by atoms with E-state index in [-0.39, 0.29) is 40.0 Å². The Morgan fingerprint density at radius 2 is 1.00 bits per heavy atom. The van der Waals surface area contributed by atoms with Gasteiger partial charge in [0.05, 0.1) is 16.4 Å². The lowest BCUT2D eigenvalue weighted by Gasteiger charge is -2.19. The van der Waals surface area contributed by atoms with Gasteiger partial charge in [0.2, 0.25) is 0 Å². The molecule has 1 nitrogen and oxygen atoms in total. The van der Waals surface area contributed by atoms with Crippen LogP contribution in [0.2, 0.25) is 0 Å². The van der Waals surface area contributed by atoms with Crippen molar-refractivity contribution in [2.24, 2.45) is 0 Å². The average molecular weight is 559 g/mol. The SMILES string of the molecule is [2H]c1c([2H])c([2H])c(-c2cc(-c3c4ccccc4c(-c4c([2H])c([2H])c([2H])c5c([2H])c([2H])c([2H])c([2H])c45)c4ccccc34)c3c(c2)oc2ccccc23)c([2H])c1[2H]. The van der Waals surface area contributed by atoms with Crippen LogP contribution in [0.5, 0.6) is 0 Å². The van der Waals surface area contributed by atoms with Crippen LogP contribution in [0.4, 0.5) is 0 Å². The van der Waals surface area contributed by atoms with Gasteiger partial charge in [-0.05, 0) is 83.9 Å². The number of benzene rings is 8. The largest absolute Gasteiger partial charge is 0.456 e. The average Bonchev–Trinajstić information content (AvgIpc) is 3.57. The molecule has 9 rings (SSSR count). The number of fused-ring (bicyclic) bond motifs is 6. The van der Waals surface area contributed by atoms with Gasteiger partial charge in [-0.25, -0.2) is 0 Å². The minimum Gasteiger partial charge on any atom is -0.456 e. The molecule has 1 aromatic heterocycles. The first-order valence-electron chi connectivity index (χ1n) is 19.8. The van der Waals surface area contributed by atoms with E-state index < -0.39 is 54.4 Å². The first kappa shape index (κ1) is 15.0. The molecule has 0 aliphatic heterocycles. The summed E-state index contributed by atoms with van der Waals surface area (Å²) >= 11 is 0. The van der Waals surface area contributed by atoms with Crippen LogP contribution in [0.3, 0.4) is 0 Å². The first-order valence-corrected chi connectivity index (χ1v) is 13.8. The highest BCUT2D eigenvalue weighted by atomic mass is 16.3. The Labute approximate surface area is 266 Å². The smallest absolute Gasteiger partial charge is 0.136 e. The van der Waals surface area contributed by atoms with Gasteiger partial charge in [-0.2, -0.15) is 0 Å². The highest BCUT2D eigenvalue weighted by Crippen LogP contribution is 2.48. The van der Waals surface area contributed by atoms with Gasteiger partial charge in [0.15, 0.2) is 0 Å². The van der Waals surface area contributed by atoms with E-state index in [1.54, 1.807) is 6.07 Å². The minimum atomic E-state index is -0.533. The van der Waals surface area contributed by atoms with Gasteiger partial charge in [-0.15, -0.1) is 0 Å². The zero-order valence-corrected chi connectivity index (χ0v) is 22.5. The number of furan rings is 1. The van der Waals surface area contributed by atoms with Crippen LogP contribution in [0.15, 0.2) is 162 Å². The van der Waals surface area contributed by atoms with Gasteiger partial charge in [0.1, 0.15) is 11.2 Å². The van der Waals surface area contributed by atoms with Crippen LogP contribution < -0.4 is 0 Å². The molecule has 0 bridgehead atoms. The summed E-state index contributed by atoms with van der Waals surface area (Å²) in [6.45, 7) is 0. The molecular formula is C42H26O. The standard InChI is InChI=1S/C42H26O/c1-2-13-27(14-3-1)29-25-37(42-36-22-10-11-24-38(36)43-39(42)26-29)41-34-20-8-6-18-32(34)40(33-19-7-9-21-35(33)41)31-23-12-16-28-15-4-5-17-30(28)31/h1-26H/i1D,2D,3D,4D,5D,12D,13D,14D,15D,16D,17D,23D. The summed E-state index contributed by atoms with van der Waals surface area (Å²) in [5.41, 5.74) is 3.28. The summed E-state index contributed by atoms with van der Waals surface area (Å²) in [7, 11) is 0. The van der Waals surface area contributed by atoms with Crippen molar-refractivity contribution in [2.75, 3.05) is 0 Å².